The van der Waals surface area contributed by atoms with E-state index in [2.05, 4.69) is 16.6 Å². The monoisotopic (exact) mass is 584 g/mol. The summed E-state index contributed by atoms with van der Waals surface area (Å²) in [5.41, 5.74) is 1.53. The van der Waals surface area contributed by atoms with E-state index < -0.39 is 33.8 Å². The average molecular weight is 585 g/mol. The van der Waals surface area contributed by atoms with Crippen molar-refractivity contribution in [3.05, 3.63) is 95.2 Å². The van der Waals surface area contributed by atoms with Gasteiger partial charge >= 0.3 is 12.1 Å². The van der Waals surface area contributed by atoms with Crippen LogP contribution in [0.1, 0.15) is 29.3 Å². The van der Waals surface area contributed by atoms with Crippen LogP contribution in [-0.2, 0) is 34.0 Å². The van der Waals surface area contributed by atoms with Crippen LogP contribution in [0.15, 0.2) is 77.7 Å². The number of halogens is 3. The smallest absolute Gasteiger partial charge is 0.416 e. The number of carbonyl (C=O) groups is 1. The van der Waals surface area contributed by atoms with Gasteiger partial charge in [-0.05, 0) is 67.4 Å². The van der Waals surface area contributed by atoms with Crippen LogP contribution in [0.4, 0.5) is 13.2 Å². The Labute approximate surface area is 235 Å². The lowest BCUT2D eigenvalue weighted by Gasteiger charge is -2.16. The molecule has 0 fully saturated rings. The Morgan fingerprint density at radius 2 is 1.78 bits per heavy atom. The third-order valence-corrected chi connectivity index (χ3v) is 8.07. The molecule has 0 spiro atoms. The van der Waals surface area contributed by atoms with Gasteiger partial charge in [0.15, 0.2) is 0 Å². The number of nitrogens with zero attached hydrogens (tertiary/aromatic N) is 1. The number of fused-ring (bicyclic) bond motifs is 1. The maximum absolute atomic E-state index is 13.3. The summed E-state index contributed by atoms with van der Waals surface area (Å²) >= 11 is 0. The molecule has 0 aliphatic rings. The summed E-state index contributed by atoms with van der Waals surface area (Å²) in [4.78, 5) is 12.1. The quantitative estimate of drug-likeness (QED) is 0.244. The molecule has 0 radical (unpaired) electrons. The summed E-state index contributed by atoms with van der Waals surface area (Å²) in [5.74, 6) is 4.45. The van der Waals surface area contributed by atoms with Crippen LogP contribution < -0.4 is 9.46 Å². The molecule has 1 atom stereocenters. The van der Waals surface area contributed by atoms with Gasteiger partial charge in [0.1, 0.15) is 18.4 Å². The van der Waals surface area contributed by atoms with E-state index in [9.17, 15) is 31.5 Å². The second-order valence-corrected chi connectivity index (χ2v) is 11.0. The number of benzene rings is 3. The van der Waals surface area contributed by atoms with Crippen molar-refractivity contribution < 1.29 is 36.2 Å². The minimum absolute atomic E-state index is 0.109. The highest BCUT2D eigenvalue weighted by atomic mass is 32.2. The third-order valence-electron chi connectivity index (χ3n) is 6.58. The molecule has 7 nitrogen and oxygen atoms in total. The molecular formula is C30H27F3N2O5S. The zero-order valence-electron chi connectivity index (χ0n) is 22.2. The SMILES string of the molecule is CC#CCOc1ccc(S(=O)(=O)NC(Cc2c(C)n(Cc3cccc(C(F)(F)F)c3)c3ccccc23)C(=O)O)cc1. The van der Waals surface area contributed by atoms with E-state index in [0.29, 0.717) is 33.5 Å². The standard InChI is InChI=1S/C30H27F3N2O5S/c1-3-4-16-40-23-12-14-24(15-13-23)41(38,39)34-27(29(36)37)18-26-20(2)35(28-11-6-5-10-25(26)28)19-21-8-7-9-22(17-21)30(31,32)33/h5-15,17,27,34H,16,18-19H2,1-2H3,(H,36,37). The Hall–Kier alpha value is -4.27. The Bertz CT molecular complexity index is 1730. The van der Waals surface area contributed by atoms with Gasteiger partial charge in [0.25, 0.3) is 0 Å². The number of para-hydroxylation sites is 1. The minimum Gasteiger partial charge on any atom is -0.481 e. The largest absolute Gasteiger partial charge is 0.481 e. The summed E-state index contributed by atoms with van der Waals surface area (Å²) in [6.07, 6.45) is -4.68. The van der Waals surface area contributed by atoms with Gasteiger partial charge in [0, 0.05) is 29.6 Å². The highest BCUT2D eigenvalue weighted by molar-refractivity contribution is 7.89. The number of rotatable bonds is 10. The molecule has 214 valence electrons. The Morgan fingerprint density at radius 3 is 2.44 bits per heavy atom. The molecule has 1 heterocycles. The van der Waals surface area contributed by atoms with Crippen molar-refractivity contribution in [3.8, 4) is 17.6 Å². The van der Waals surface area contributed by atoms with E-state index in [-0.39, 0.29) is 24.5 Å². The summed E-state index contributed by atoms with van der Waals surface area (Å²) in [7, 11) is -4.22. The first-order chi connectivity index (χ1) is 19.4. The van der Waals surface area contributed by atoms with Crippen molar-refractivity contribution >= 4 is 26.9 Å². The fourth-order valence-corrected chi connectivity index (χ4v) is 5.73. The van der Waals surface area contributed by atoms with Gasteiger partial charge in [0.2, 0.25) is 10.0 Å². The van der Waals surface area contributed by atoms with Crippen LogP contribution in [0.3, 0.4) is 0 Å². The van der Waals surface area contributed by atoms with Crippen LogP contribution in [0.5, 0.6) is 5.75 Å². The van der Waals surface area contributed by atoms with E-state index in [4.69, 9.17) is 4.74 Å². The second kappa shape index (κ2) is 12.1. The van der Waals surface area contributed by atoms with Gasteiger partial charge in [-0.15, -0.1) is 5.92 Å². The molecule has 0 bridgehead atoms. The van der Waals surface area contributed by atoms with Crippen molar-refractivity contribution in [2.24, 2.45) is 0 Å². The van der Waals surface area contributed by atoms with Crippen molar-refractivity contribution in [2.45, 2.75) is 43.9 Å². The number of nitrogens with one attached hydrogen (secondary N) is 1. The lowest BCUT2D eigenvalue weighted by atomic mass is 10.0. The first-order valence-corrected chi connectivity index (χ1v) is 14.0. The molecular weight excluding hydrogens is 557 g/mol. The van der Waals surface area contributed by atoms with Gasteiger partial charge in [-0.3, -0.25) is 4.79 Å². The normalized spacial score (nSPS) is 12.5. The minimum atomic E-state index is -4.49. The number of aromatic nitrogens is 1. The maximum atomic E-state index is 13.3. The number of hydrogen-bond donors (Lipinski definition) is 2. The van der Waals surface area contributed by atoms with Gasteiger partial charge in [-0.25, -0.2) is 8.42 Å². The molecule has 41 heavy (non-hydrogen) atoms. The van der Waals surface area contributed by atoms with Crippen molar-refractivity contribution in [2.75, 3.05) is 6.61 Å². The molecule has 11 heteroatoms. The van der Waals surface area contributed by atoms with Crippen LogP contribution >= 0.6 is 0 Å². The molecule has 0 saturated heterocycles. The molecule has 0 aliphatic heterocycles. The van der Waals surface area contributed by atoms with Crippen molar-refractivity contribution in [3.63, 3.8) is 0 Å². The molecule has 1 aromatic heterocycles. The van der Waals surface area contributed by atoms with E-state index >= 15 is 0 Å². The number of carboxylic acids is 1. The molecule has 4 aromatic rings. The fourth-order valence-electron chi connectivity index (χ4n) is 4.54. The molecule has 3 aromatic carbocycles. The zero-order chi connectivity index (χ0) is 29.8. The van der Waals surface area contributed by atoms with E-state index in [0.717, 1.165) is 12.1 Å². The number of alkyl halides is 3. The Morgan fingerprint density at radius 1 is 1.07 bits per heavy atom. The first-order valence-electron chi connectivity index (χ1n) is 12.5. The maximum Gasteiger partial charge on any atom is 0.416 e. The summed E-state index contributed by atoms with van der Waals surface area (Å²) in [5, 5.41) is 10.6. The average Bonchev–Trinajstić information content (AvgIpc) is 3.18. The molecule has 0 amide bonds. The van der Waals surface area contributed by atoms with Crippen LogP contribution in [0, 0.1) is 18.8 Å². The number of hydrogen-bond acceptors (Lipinski definition) is 4. The van der Waals surface area contributed by atoms with Crippen molar-refractivity contribution in [1.82, 2.24) is 9.29 Å². The summed E-state index contributed by atoms with van der Waals surface area (Å²) in [6.45, 7) is 3.65. The summed E-state index contributed by atoms with van der Waals surface area (Å²) < 4.78 is 75.5. The Balaban J connectivity index is 1.63. The van der Waals surface area contributed by atoms with Gasteiger partial charge in [0.05, 0.1) is 10.5 Å². The fraction of sp³-hybridized carbons (Fsp3) is 0.233. The van der Waals surface area contributed by atoms with Crippen LogP contribution in [0.2, 0.25) is 0 Å². The van der Waals surface area contributed by atoms with Crippen molar-refractivity contribution in [1.29, 1.82) is 0 Å². The second-order valence-electron chi connectivity index (χ2n) is 9.27. The number of carboxylic acid groups (broad SMARTS) is 1. The molecule has 2 N–H and O–H groups in total. The van der Waals surface area contributed by atoms with E-state index in [1.165, 1.54) is 30.3 Å². The number of sulfonamides is 1. The molecule has 1 unspecified atom stereocenters. The number of aliphatic carboxylic acids is 1. The van der Waals surface area contributed by atoms with Gasteiger partial charge in [-0.2, -0.15) is 17.9 Å². The first kappa shape index (κ1) is 29.7. The van der Waals surface area contributed by atoms with Crippen LogP contribution in [-0.4, -0.2) is 36.7 Å². The van der Waals surface area contributed by atoms with Crippen LogP contribution in [0.25, 0.3) is 10.9 Å². The van der Waals surface area contributed by atoms with Gasteiger partial charge < -0.3 is 14.4 Å². The van der Waals surface area contributed by atoms with Gasteiger partial charge in [-0.1, -0.05) is 36.3 Å². The zero-order valence-corrected chi connectivity index (χ0v) is 23.0. The highest BCUT2D eigenvalue weighted by Gasteiger charge is 2.31. The third kappa shape index (κ3) is 6.90. The topological polar surface area (TPSA) is 97.6 Å². The predicted molar refractivity (Wildman–Crippen MR) is 148 cm³/mol. The highest BCUT2D eigenvalue weighted by Crippen LogP contribution is 2.32. The lowest BCUT2D eigenvalue weighted by Crippen LogP contribution is -2.42. The Kier molecular flexibility index (Phi) is 8.75. The lowest BCUT2D eigenvalue weighted by molar-refractivity contribution is -0.139. The molecule has 0 aliphatic carbocycles. The number of ether oxygens (including phenoxy) is 1. The molecule has 4 rings (SSSR count). The van der Waals surface area contributed by atoms with E-state index in [1.807, 2.05) is 0 Å². The van der Waals surface area contributed by atoms with E-state index in [1.54, 1.807) is 48.7 Å². The molecule has 0 saturated carbocycles. The summed E-state index contributed by atoms with van der Waals surface area (Å²) in [6, 6.07) is 16.1. The predicted octanol–water partition coefficient (Wildman–Crippen LogP) is 5.39.